The van der Waals surface area contributed by atoms with Crippen molar-refractivity contribution in [1.29, 1.82) is 0 Å². The number of amides is 3. The Labute approximate surface area is 207 Å². The molecule has 1 aliphatic heterocycles. The number of ketones is 1. The summed E-state index contributed by atoms with van der Waals surface area (Å²) in [6.07, 6.45) is -4.32. The maximum absolute atomic E-state index is 14.2. The fourth-order valence-corrected chi connectivity index (χ4v) is 4.61. The van der Waals surface area contributed by atoms with E-state index in [1.54, 1.807) is 24.3 Å². The molecule has 1 aliphatic rings. The third kappa shape index (κ3) is 5.01. The van der Waals surface area contributed by atoms with E-state index in [-0.39, 0.29) is 29.1 Å². The molecule has 36 heavy (non-hydrogen) atoms. The van der Waals surface area contributed by atoms with Crippen molar-refractivity contribution in [3.05, 3.63) is 65.1 Å². The predicted molar refractivity (Wildman–Crippen MR) is 125 cm³/mol. The molecule has 1 fully saturated rings. The van der Waals surface area contributed by atoms with Gasteiger partial charge in [0.1, 0.15) is 5.82 Å². The van der Waals surface area contributed by atoms with Crippen LogP contribution < -0.4 is 11.1 Å². The molecule has 0 radical (unpaired) electrons. The Hall–Kier alpha value is -3.60. The fraction of sp³-hybridized carbons (Fsp3) is 0.292. The van der Waals surface area contributed by atoms with Gasteiger partial charge < -0.3 is 16.0 Å². The van der Waals surface area contributed by atoms with Crippen LogP contribution in [0.5, 0.6) is 0 Å². The number of urea groups is 1. The van der Waals surface area contributed by atoms with Crippen LogP contribution in [-0.2, 0) is 11.2 Å². The minimum atomic E-state index is -4.62. The summed E-state index contributed by atoms with van der Waals surface area (Å²) in [5.74, 6) is -3.23. The molecule has 7 nitrogen and oxygen atoms in total. The summed E-state index contributed by atoms with van der Waals surface area (Å²) in [6.45, 7) is -0.717. The molecule has 0 unspecified atom stereocenters. The highest BCUT2D eigenvalue weighted by Crippen LogP contribution is 2.38. The van der Waals surface area contributed by atoms with Gasteiger partial charge in [0, 0.05) is 24.5 Å². The number of carbonyl (C=O) groups is 3. The quantitative estimate of drug-likeness (QED) is 0.440. The minimum absolute atomic E-state index is 0.0834. The lowest BCUT2D eigenvalue weighted by molar-refractivity contribution is -0.170. The number of para-hydroxylation sites is 1. The average Bonchev–Trinajstić information content (AvgIpc) is 3.43. The number of likely N-dealkylation sites (tertiary alicyclic amines) is 1. The summed E-state index contributed by atoms with van der Waals surface area (Å²) in [5, 5.41) is 2.82. The van der Waals surface area contributed by atoms with Crippen molar-refractivity contribution >= 4 is 46.0 Å². The molecule has 2 heterocycles. The van der Waals surface area contributed by atoms with Crippen molar-refractivity contribution in [2.24, 2.45) is 11.7 Å². The third-order valence-electron chi connectivity index (χ3n) is 6.26. The maximum Gasteiger partial charge on any atom is 0.393 e. The first-order valence-corrected chi connectivity index (χ1v) is 11.3. The zero-order valence-corrected chi connectivity index (χ0v) is 19.4. The van der Waals surface area contributed by atoms with Crippen LogP contribution in [0.1, 0.15) is 18.4 Å². The maximum atomic E-state index is 14.2. The van der Waals surface area contributed by atoms with Crippen LogP contribution in [0.25, 0.3) is 10.9 Å². The van der Waals surface area contributed by atoms with E-state index in [0.29, 0.717) is 10.9 Å². The Kier molecular flexibility index (Phi) is 6.94. The number of aryl methyl sites for hydroxylation is 1. The number of benzene rings is 2. The van der Waals surface area contributed by atoms with Gasteiger partial charge in [-0.25, -0.2) is 14.0 Å². The summed E-state index contributed by atoms with van der Waals surface area (Å²) in [7, 11) is 0. The summed E-state index contributed by atoms with van der Waals surface area (Å²) in [6, 6.07) is 7.68. The molecule has 1 aromatic heterocycles. The number of Topliss-reactive ketones (excluding diaryl/α,β-unsaturated/α-hetero) is 1. The second-order valence-electron chi connectivity index (χ2n) is 8.52. The molecular formula is C24H21ClF4N4O3. The standard InChI is InChI=1S/C24H21ClF4N4O3/c25-16-6-3-4-13(21(16)26)8-9-20(34)19-10-14(24(27,28)29)11-33(19)23(36)31-17-12-32(22(30)35)18-7-2-1-5-15(17)18/h1-7,12,14,19H,8-11H2,(H2,30,35)(H,31,36)/t14-,19-/m0/s1. The van der Waals surface area contributed by atoms with Crippen LogP contribution in [-0.4, -0.2) is 46.1 Å². The number of halogens is 5. The van der Waals surface area contributed by atoms with E-state index in [4.69, 9.17) is 17.3 Å². The lowest BCUT2D eigenvalue weighted by Crippen LogP contribution is -2.43. The number of rotatable bonds is 5. The molecule has 3 N–H and O–H groups in total. The highest BCUT2D eigenvalue weighted by atomic mass is 35.5. The summed E-state index contributed by atoms with van der Waals surface area (Å²) in [5.41, 5.74) is 6.07. The molecule has 0 aliphatic carbocycles. The van der Waals surface area contributed by atoms with Crippen molar-refractivity contribution in [2.45, 2.75) is 31.5 Å². The second-order valence-corrected chi connectivity index (χ2v) is 8.93. The van der Waals surface area contributed by atoms with Crippen LogP contribution in [0.4, 0.5) is 32.8 Å². The summed E-state index contributed by atoms with van der Waals surface area (Å²) in [4.78, 5) is 38.6. The van der Waals surface area contributed by atoms with Gasteiger partial charge in [-0.3, -0.25) is 9.36 Å². The van der Waals surface area contributed by atoms with Gasteiger partial charge in [-0.15, -0.1) is 0 Å². The third-order valence-corrected chi connectivity index (χ3v) is 6.55. The van der Waals surface area contributed by atoms with Gasteiger partial charge >= 0.3 is 18.2 Å². The van der Waals surface area contributed by atoms with E-state index < -0.39 is 54.8 Å². The first-order chi connectivity index (χ1) is 17.0. The monoisotopic (exact) mass is 524 g/mol. The van der Waals surface area contributed by atoms with Crippen LogP contribution in [0.15, 0.2) is 48.7 Å². The van der Waals surface area contributed by atoms with Gasteiger partial charge in [-0.2, -0.15) is 13.2 Å². The highest BCUT2D eigenvalue weighted by molar-refractivity contribution is 6.30. The molecule has 3 amide bonds. The number of carbonyl (C=O) groups excluding carboxylic acids is 3. The molecule has 190 valence electrons. The van der Waals surface area contributed by atoms with Crippen molar-refractivity contribution in [3.8, 4) is 0 Å². The first-order valence-electron chi connectivity index (χ1n) is 11.0. The Morgan fingerprint density at radius 2 is 1.83 bits per heavy atom. The number of nitrogens with two attached hydrogens (primary N) is 1. The molecule has 2 aromatic carbocycles. The molecule has 0 saturated carbocycles. The van der Waals surface area contributed by atoms with Gasteiger partial charge in [0.25, 0.3) is 0 Å². The Morgan fingerprint density at radius 3 is 2.53 bits per heavy atom. The van der Waals surface area contributed by atoms with Crippen LogP contribution in [0.3, 0.4) is 0 Å². The molecule has 0 spiro atoms. The van der Waals surface area contributed by atoms with Crippen LogP contribution in [0, 0.1) is 11.7 Å². The van der Waals surface area contributed by atoms with E-state index in [0.717, 1.165) is 9.47 Å². The number of hydrogen-bond acceptors (Lipinski definition) is 3. The number of alkyl halides is 3. The second kappa shape index (κ2) is 9.81. The van der Waals surface area contributed by atoms with Gasteiger partial charge in [0.2, 0.25) is 0 Å². The molecular weight excluding hydrogens is 504 g/mol. The van der Waals surface area contributed by atoms with E-state index in [2.05, 4.69) is 5.32 Å². The number of primary amides is 1. The molecule has 1 saturated heterocycles. The summed E-state index contributed by atoms with van der Waals surface area (Å²) < 4.78 is 55.8. The smallest absolute Gasteiger partial charge is 0.351 e. The average molecular weight is 525 g/mol. The van der Waals surface area contributed by atoms with E-state index in [9.17, 15) is 31.9 Å². The lowest BCUT2D eigenvalue weighted by Gasteiger charge is -2.24. The van der Waals surface area contributed by atoms with Gasteiger partial charge in [0.05, 0.1) is 28.2 Å². The van der Waals surface area contributed by atoms with Gasteiger partial charge in [-0.05, 0) is 30.5 Å². The highest BCUT2D eigenvalue weighted by Gasteiger charge is 2.50. The van der Waals surface area contributed by atoms with Crippen molar-refractivity contribution in [2.75, 3.05) is 11.9 Å². The number of nitrogens with zero attached hydrogens (tertiary/aromatic N) is 2. The first kappa shape index (κ1) is 25.5. The molecule has 3 aromatic rings. The zero-order chi connectivity index (χ0) is 26.2. The zero-order valence-electron chi connectivity index (χ0n) is 18.7. The number of hydrogen-bond donors (Lipinski definition) is 2. The number of fused-ring (bicyclic) bond motifs is 1. The Morgan fingerprint density at radius 1 is 1.11 bits per heavy atom. The van der Waals surface area contributed by atoms with E-state index in [1.807, 2.05) is 0 Å². The van der Waals surface area contributed by atoms with E-state index >= 15 is 0 Å². The number of nitrogens with one attached hydrogen (secondary N) is 1. The largest absolute Gasteiger partial charge is 0.393 e. The van der Waals surface area contributed by atoms with Crippen molar-refractivity contribution in [3.63, 3.8) is 0 Å². The summed E-state index contributed by atoms with van der Waals surface area (Å²) >= 11 is 5.75. The molecule has 2 atom stereocenters. The van der Waals surface area contributed by atoms with Crippen LogP contribution in [0.2, 0.25) is 5.02 Å². The predicted octanol–water partition coefficient (Wildman–Crippen LogP) is 5.35. The normalized spacial score (nSPS) is 18.0. The molecule has 12 heteroatoms. The lowest BCUT2D eigenvalue weighted by atomic mass is 9.98. The molecule has 4 rings (SSSR count). The van der Waals surface area contributed by atoms with E-state index in [1.165, 1.54) is 24.4 Å². The van der Waals surface area contributed by atoms with Crippen LogP contribution >= 0.6 is 11.6 Å². The van der Waals surface area contributed by atoms with Crippen molar-refractivity contribution < 1.29 is 31.9 Å². The fourth-order valence-electron chi connectivity index (χ4n) is 4.42. The Bertz CT molecular complexity index is 1340. The molecule has 0 bridgehead atoms. The minimum Gasteiger partial charge on any atom is -0.351 e. The van der Waals surface area contributed by atoms with Gasteiger partial charge in [-0.1, -0.05) is 41.9 Å². The number of anilines is 1. The topological polar surface area (TPSA) is 97.4 Å². The van der Waals surface area contributed by atoms with Gasteiger partial charge in [0.15, 0.2) is 5.78 Å². The Balaban J connectivity index is 1.56. The van der Waals surface area contributed by atoms with Crippen molar-refractivity contribution in [1.82, 2.24) is 9.47 Å². The SMILES string of the molecule is NC(=O)n1cc(NC(=O)N2C[C@@H](C(F)(F)F)C[C@H]2C(=O)CCc2cccc(Cl)c2F)c2ccccc21. The number of aromatic nitrogens is 1.